The van der Waals surface area contributed by atoms with Crippen LogP contribution in [0, 0.1) is 0 Å². The van der Waals surface area contributed by atoms with Gasteiger partial charge in [0.2, 0.25) is 0 Å². The Balaban J connectivity index is 1.51. The van der Waals surface area contributed by atoms with Crippen molar-refractivity contribution in [3.05, 3.63) is 65.4 Å². The van der Waals surface area contributed by atoms with Gasteiger partial charge in [0.15, 0.2) is 6.61 Å². The lowest BCUT2D eigenvalue weighted by Crippen LogP contribution is -2.37. The highest BCUT2D eigenvalue weighted by Gasteiger charge is 2.27. The van der Waals surface area contributed by atoms with Gasteiger partial charge >= 0.3 is 5.97 Å². The summed E-state index contributed by atoms with van der Waals surface area (Å²) in [5.41, 5.74) is 3.70. The molecule has 4 rings (SSSR count). The molecule has 7 heteroatoms. The number of esters is 1. The van der Waals surface area contributed by atoms with Crippen LogP contribution in [0.5, 0.6) is 5.75 Å². The van der Waals surface area contributed by atoms with Gasteiger partial charge < -0.3 is 14.8 Å². The number of anilines is 1. The summed E-state index contributed by atoms with van der Waals surface area (Å²) in [7, 11) is 0. The molecule has 172 valence electrons. The summed E-state index contributed by atoms with van der Waals surface area (Å²) in [6, 6.07) is 15.0. The number of ether oxygens (including phenoxy) is 2. The first-order chi connectivity index (χ1) is 16.0. The van der Waals surface area contributed by atoms with Crippen LogP contribution < -0.4 is 10.1 Å². The van der Waals surface area contributed by atoms with E-state index in [9.17, 15) is 9.59 Å². The third-order valence-electron chi connectivity index (χ3n) is 5.79. The zero-order valence-electron chi connectivity index (χ0n) is 19.3. The summed E-state index contributed by atoms with van der Waals surface area (Å²) in [5.74, 6) is -0.174. The molecule has 1 N–H and O–H groups in total. The summed E-state index contributed by atoms with van der Waals surface area (Å²) >= 11 is 0. The Bertz CT molecular complexity index is 1160. The SMILES string of the molecule is CCOc1ccc(NC(=O)COC(=O)c2c3c(nc4ccccc24)CCN(C(C)C)C3)cc1. The number of hydrogen-bond donors (Lipinski definition) is 1. The zero-order valence-corrected chi connectivity index (χ0v) is 19.3. The van der Waals surface area contributed by atoms with Crippen LogP contribution in [-0.4, -0.2) is 47.6 Å². The van der Waals surface area contributed by atoms with Crippen LogP contribution in [0.4, 0.5) is 5.69 Å². The normalized spacial score (nSPS) is 13.6. The molecule has 0 radical (unpaired) electrons. The predicted molar refractivity (Wildman–Crippen MR) is 128 cm³/mol. The minimum Gasteiger partial charge on any atom is -0.494 e. The van der Waals surface area contributed by atoms with Crippen LogP contribution in [0.2, 0.25) is 0 Å². The van der Waals surface area contributed by atoms with Crippen molar-refractivity contribution in [2.45, 2.75) is 39.8 Å². The molecule has 0 saturated carbocycles. The van der Waals surface area contributed by atoms with Crippen molar-refractivity contribution >= 4 is 28.5 Å². The fourth-order valence-electron chi connectivity index (χ4n) is 4.09. The highest BCUT2D eigenvalue weighted by atomic mass is 16.5. The van der Waals surface area contributed by atoms with Crippen LogP contribution in [0.15, 0.2) is 48.5 Å². The molecule has 0 aliphatic carbocycles. The second-order valence-electron chi connectivity index (χ2n) is 8.33. The highest BCUT2D eigenvalue weighted by molar-refractivity contribution is 6.06. The standard InChI is InChI=1S/C26H29N3O4/c1-4-32-19-11-9-18(10-12-19)27-24(30)16-33-26(31)25-20-7-5-6-8-22(20)28-23-13-14-29(17(2)3)15-21(23)25/h5-12,17H,4,13-16H2,1-3H3,(H,27,30). The average molecular weight is 448 g/mol. The Morgan fingerprint density at radius 2 is 1.88 bits per heavy atom. The number of nitrogens with one attached hydrogen (secondary N) is 1. The van der Waals surface area contributed by atoms with Gasteiger partial charge in [0.05, 0.1) is 17.7 Å². The Morgan fingerprint density at radius 3 is 2.61 bits per heavy atom. The Morgan fingerprint density at radius 1 is 1.12 bits per heavy atom. The molecule has 0 atom stereocenters. The van der Waals surface area contributed by atoms with Crippen molar-refractivity contribution < 1.29 is 19.1 Å². The summed E-state index contributed by atoms with van der Waals surface area (Å²) in [6.07, 6.45) is 0.775. The molecule has 1 aliphatic rings. The van der Waals surface area contributed by atoms with E-state index in [-0.39, 0.29) is 6.61 Å². The van der Waals surface area contributed by atoms with Gasteiger partial charge in [-0.1, -0.05) is 18.2 Å². The van der Waals surface area contributed by atoms with Crippen LogP contribution in [0.3, 0.4) is 0 Å². The molecule has 0 spiro atoms. The first-order valence-electron chi connectivity index (χ1n) is 11.3. The molecule has 0 saturated heterocycles. The van der Waals surface area contributed by atoms with Gasteiger partial charge in [0.1, 0.15) is 5.75 Å². The number of amides is 1. The molecular formula is C26H29N3O4. The van der Waals surface area contributed by atoms with E-state index in [1.807, 2.05) is 31.2 Å². The lowest BCUT2D eigenvalue weighted by molar-refractivity contribution is -0.119. The summed E-state index contributed by atoms with van der Waals surface area (Å²) < 4.78 is 10.9. The summed E-state index contributed by atoms with van der Waals surface area (Å²) in [5, 5.41) is 3.50. The van der Waals surface area contributed by atoms with E-state index in [2.05, 4.69) is 24.1 Å². The van der Waals surface area contributed by atoms with Gasteiger partial charge in [-0.25, -0.2) is 4.79 Å². The lowest BCUT2D eigenvalue weighted by atomic mass is 9.95. The third kappa shape index (κ3) is 5.14. The molecule has 1 aromatic heterocycles. The number of benzene rings is 2. The van der Waals surface area contributed by atoms with E-state index in [0.717, 1.165) is 40.9 Å². The Hall–Kier alpha value is -3.45. The first-order valence-corrected chi connectivity index (χ1v) is 11.3. The maximum atomic E-state index is 13.2. The van der Waals surface area contributed by atoms with Gasteiger partial charge in [-0.15, -0.1) is 0 Å². The minimum atomic E-state index is -0.503. The molecule has 0 fully saturated rings. The fourth-order valence-corrected chi connectivity index (χ4v) is 4.09. The number of nitrogens with zero attached hydrogens (tertiary/aromatic N) is 2. The molecule has 0 bridgehead atoms. The van der Waals surface area contributed by atoms with Crippen LogP contribution in [-0.2, 0) is 22.5 Å². The monoisotopic (exact) mass is 447 g/mol. The van der Waals surface area contributed by atoms with Gasteiger partial charge in [-0.3, -0.25) is 14.7 Å². The maximum Gasteiger partial charge on any atom is 0.339 e. The minimum absolute atomic E-state index is 0.355. The van der Waals surface area contributed by atoms with Crippen LogP contribution in [0.25, 0.3) is 10.9 Å². The summed E-state index contributed by atoms with van der Waals surface area (Å²) in [4.78, 5) is 32.7. The Kier molecular flexibility index (Phi) is 6.89. The number of aromatic nitrogens is 1. The fraction of sp³-hybridized carbons (Fsp3) is 0.346. The van der Waals surface area contributed by atoms with Crippen LogP contribution >= 0.6 is 0 Å². The van der Waals surface area contributed by atoms with Crippen molar-refractivity contribution in [2.24, 2.45) is 0 Å². The quantitative estimate of drug-likeness (QED) is 0.547. The number of carbonyl (C=O) groups is 2. The topological polar surface area (TPSA) is 80.8 Å². The van der Waals surface area contributed by atoms with E-state index >= 15 is 0 Å². The average Bonchev–Trinajstić information content (AvgIpc) is 2.82. The number of pyridine rings is 1. The van der Waals surface area contributed by atoms with Crippen molar-refractivity contribution in [1.29, 1.82) is 0 Å². The molecule has 33 heavy (non-hydrogen) atoms. The number of rotatable bonds is 7. The van der Waals surface area contributed by atoms with Crippen molar-refractivity contribution in [3.8, 4) is 5.75 Å². The molecule has 7 nitrogen and oxygen atoms in total. The maximum absolute atomic E-state index is 13.2. The summed E-state index contributed by atoms with van der Waals surface area (Å²) in [6.45, 7) is 7.93. The lowest BCUT2D eigenvalue weighted by Gasteiger charge is -2.32. The molecule has 0 unspecified atom stereocenters. The first kappa shape index (κ1) is 22.7. The van der Waals surface area contributed by atoms with Crippen molar-refractivity contribution in [2.75, 3.05) is 25.1 Å². The van der Waals surface area contributed by atoms with Crippen molar-refractivity contribution in [3.63, 3.8) is 0 Å². The van der Waals surface area contributed by atoms with Gasteiger partial charge in [-0.05, 0) is 51.1 Å². The molecule has 3 aromatic rings. The van der Waals surface area contributed by atoms with E-state index < -0.39 is 11.9 Å². The molecule has 2 heterocycles. The molecule has 1 amide bonds. The van der Waals surface area contributed by atoms with E-state index in [0.29, 0.717) is 30.4 Å². The van der Waals surface area contributed by atoms with E-state index in [1.165, 1.54) is 0 Å². The number of fused-ring (bicyclic) bond motifs is 2. The molecular weight excluding hydrogens is 418 g/mol. The number of para-hydroxylation sites is 1. The number of hydrogen-bond acceptors (Lipinski definition) is 6. The van der Waals surface area contributed by atoms with E-state index in [4.69, 9.17) is 14.5 Å². The second kappa shape index (κ2) is 10.0. The van der Waals surface area contributed by atoms with Crippen LogP contribution in [0.1, 0.15) is 42.4 Å². The smallest absolute Gasteiger partial charge is 0.339 e. The van der Waals surface area contributed by atoms with E-state index in [1.54, 1.807) is 24.3 Å². The third-order valence-corrected chi connectivity index (χ3v) is 5.79. The predicted octanol–water partition coefficient (Wildman–Crippen LogP) is 4.20. The van der Waals surface area contributed by atoms with Gasteiger partial charge in [-0.2, -0.15) is 0 Å². The highest BCUT2D eigenvalue weighted by Crippen LogP contribution is 2.29. The van der Waals surface area contributed by atoms with Crippen molar-refractivity contribution in [1.82, 2.24) is 9.88 Å². The largest absolute Gasteiger partial charge is 0.494 e. The van der Waals surface area contributed by atoms with Gasteiger partial charge in [0, 0.05) is 47.9 Å². The Labute approximate surface area is 193 Å². The molecule has 1 aliphatic heterocycles. The molecule has 2 aromatic carbocycles. The van der Waals surface area contributed by atoms with Gasteiger partial charge in [0.25, 0.3) is 5.91 Å². The second-order valence-corrected chi connectivity index (χ2v) is 8.33. The zero-order chi connectivity index (χ0) is 23.4. The number of carbonyl (C=O) groups excluding carboxylic acids is 2.